The summed E-state index contributed by atoms with van der Waals surface area (Å²) < 4.78 is 38.7. The molecule has 1 N–H and O–H groups in total. The Morgan fingerprint density at radius 1 is 1.19 bits per heavy atom. The summed E-state index contributed by atoms with van der Waals surface area (Å²) >= 11 is 5.57. The number of carbonyl (C=O) groups is 2. The van der Waals surface area contributed by atoms with E-state index in [1.54, 1.807) is 24.3 Å². The zero-order chi connectivity index (χ0) is 18.9. The summed E-state index contributed by atoms with van der Waals surface area (Å²) in [6, 6.07) is 10.1. The molecule has 3 rings (SSSR count). The molecule has 0 saturated carbocycles. The van der Waals surface area contributed by atoms with Gasteiger partial charge >= 0.3 is 6.18 Å². The minimum absolute atomic E-state index is 0.171. The van der Waals surface area contributed by atoms with E-state index < -0.39 is 22.7 Å². The Hall–Kier alpha value is -2.80. The van der Waals surface area contributed by atoms with E-state index in [4.69, 9.17) is 11.6 Å². The first-order valence-corrected chi connectivity index (χ1v) is 7.89. The van der Waals surface area contributed by atoms with Crippen LogP contribution in [0.2, 0.25) is 5.02 Å². The number of anilines is 2. The monoisotopic (exact) mass is 380 g/mol. The van der Waals surface area contributed by atoms with E-state index in [0.29, 0.717) is 11.4 Å². The number of amides is 2. The van der Waals surface area contributed by atoms with Crippen molar-refractivity contribution in [2.24, 2.45) is 0 Å². The number of fused-ring (bicyclic) bond motifs is 1. The third kappa shape index (κ3) is 3.72. The molecule has 4 nitrogen and oxygen atoms in total. The molecule has 2 aromatic rings. The van der Waals surface area contributed by atoms with Gasteiger partial charge in [0.2, 0.25) is 5.91 Å². The molecule has 1 heterocycles. The second-order valence-corrected chi connectivity index (χ2v) is 5.97. The fourth-order valence-corrected chi connectivity index (χ4v) is 2.78. The van der Waals surface area contributed by atoms with Gasteiger partial charge in [0.25, 0.3) is 5.91 Å². The lowest BCUT2D eigenvalue weighted by Crippen LogP contribution is -2.41. The summed E-state index contributed by atoms with van der Waals surface area (Å²) in [6.45, 7) is -0.172. The van der Waals surface area contributed by atoms with Crippen LogP contribution in [-0.2, 0) is 15.8 Å². The van der Waals surface area contributed by atoms with Gasteiger partial charge in [-0.3, -0.25) is 14.5 Å². The van der Waals surface area contributed by atoms with Crippen LogP contribution in [0.15, 0.2) is 48.5 Å². The van der Waals surface area contributed by atoms with Crippen LogP contribution in [0.5, 0.6) is 0 Å². The molecule has 1 aliphatic rings. The van der Waals surface area contributed by atoms with Crippen LogP contribution < -0.4 is 10.2 Å². The molecule has 1 aliphatic heterocycles. The number of para-hydroxylation sites is 2. The summed E-state index contributed by atoms with van der Waals surface area (Å²) in [4.78, 5) is 25.4. The normalized spacial score (nSPS) is 14.3. The molecule has 0 fully saturated rings. The average Bonchev–Trinajstić information content (AvgIpc) is 2.59. The van der Waals surface area contributed by atoms with E-state index in [1.165, 1.54) is 17.0 Å². The van der Waals surface area contributed by atoms with Crippen molar-refractivity contribution in [3.63, 3.8) is 0 Å². The van der Waals surface area contributed by atoms with E-state index in [1.807, 2.05) is 0 Å². The fraction of sp³-hybridized carbons (Fsp3) is 0.111. The lowest BCUT2D eigenvalue weighted by molar-refractivity contribution is -0.137. The summed E-state index contributed by atoms with van der Waals surface area (Å²) in [5, 5.41) is 2.24. The lowest BCUT2D eigenvalue weighted by atomic mass is 10.1. The van der Waals surface area contributed by atoms with Crippen LogP contribution in [0.4, 0.5) is 24.5 Å². The number of hydrogen-bond acceptors (Lipinski definition) is 2. The van der Waals surface area contributed by atoms with Crippen LogP contribution >= 0.6 is 11.6 Å². The summed E-state index contributed by atoms with van der Waals surface area (Å²) in [7, 11) is 0. The van der Waals surface area contributed by atoms with Gasteiger partial charge in [-0.2, -0.15) is 13.2 Å². The van der Waals surface area contributed by atoms with Crippen LogP contribution in [-0.4, -0.2) is 18.4 Å². The Morgan fingerprint density at radius 2 is 1.92 bits per heavy atom. The molecule has 26 heavy (non-hydrogen) atoms. The number of nitrogens with one attached hydrogen (secondary N) is 1. The molecule has 134 valence electrons. The number of carbonyl (C=O) groups excluding carboxylic acids is 2. The van der Waals surface area contributed by atoms with E-state index in [2.05, 4.69) is 5.32 Å². The van der Waals surface area contributed by atoms with Crippen molar-refractivity contribution in [3.05, 3.63) is 64.7 Å². The van der Waals surface area contributed by atoms with Gasteiger partial charge < -0.3 is 5.32 Å². The Kier molecular flexibility index (Phi) is 4.73. The fourth-order valence-electron chi connectivity index (χ4n) is 2.55. The third-order valence-electron chi connectivity index (χ3n) is 3.75. The van der Waals surface area contributed by atoms with Crippen LogP contribution in [0.3, 0.4) is 0 Å². The van der Waals surface area contributed by atoms with Gasteiger partial charge in [0.05, 0.1) is 22.0 Å². The number of nitrogens with zero attached hydrogens (tertiary/aromatic N) is 1. The predicted molar refractivity (Wildman–Crippen MR) is 92.9 cm³/mol. The first-order valence-electron chi connectivity index (χ1n) is 7.51. The number of rotatable bonds is 2. The van der Waals surface area contributed by atoms with Crippen molar-refractivity contribution in [2.45, 2.75) is 6.18 Å². The molecule has 0 unspecified atom stereocenters. The van der Waals surface area contributed by atoms with Crippen molar-refractivity contribution in [2.75, 3.05) is 16.8 Å². The van der Waals surface area contributed by atoms with Gasteiger partial charge in [0.1, 0.15) is 6.54 Å². The molecule has 0 atom stereocenters. The predicted octanol–water partition coefficient (Wildman–Crippen LogP) is 4.36. The lowest BCUT2D eigenvalue weighted by Gasteiger charge is -2.28. The minimum atomic E-state index is -4.59. The largest absolute Gasteiger partial charge is 0.417 e. The molecular formula is C18H12ClF3N2O2. The van der Waals surface area contributed by atoms with Gasteiger partial charge in [-0.25, -0.2) is 0 Å². The maximum absolute atomic E-state index is 12.9. The first kappa shape index (κ1) is 18.0. The van der Waals surface area contributed by atoms with Crippen molar-refractivity contribution in [3.8, 4) is 0 Å². The molecule has 0 saturated heterocycles. The number of alkyl halides is 3. The highest BCUT2D eigenvalue weighted by Gasteiger charge is 2.33. The SMILES string of the molecule is O=C1CN(C(=O)/C=C/c2ccc(Cl)c(C(F)(F)F)c2)c2ccccc2N1. The smallest absolute Gasteiger partial charge is 0.323 e. The topological polar surface area (TPSA) is 49.4 Å². The first-order chi connectivity index (χ1) is 12.3. The van der Waals surface area contributed by atoms with E-state index >= 15 is 0 Å². The molecular weight excluding hydrogens is 369 g/mol. The van der Waals surface area contributed by atoms with Crippen molar-refractivity contribution in [1.82, 2.24) is 0 Å². The molecule has 0 aromatic heterocycles. The van der Waals surface area contributed by atoms with Gasteiger partial charge in [-0.15, -0.1) is 0 Å². The van der Waals surface area contributed by atoms with E-state index in [-0.39, 0.29) is 18.0 Å². The second kappa shape index (κ2) is 6.84. The number of halogens is 4. The maximum Gasteiger partial charge on any atom is 0.417 e. The van der Waals surface area contributed by atoms with Crippen LogP contribution in [0, 0.1) is 0 Å². The van der Waals surface area contributed by atoms with E-state index in [9.17, 15) is 22.8 Å². The summed E-state index contributed by atoms with van der Waals surface area (Å²) in [5.74, 6) is -0.868. The highest BCUT2D eigenvalue weighted by atomic mass is 35.5. The Morgan fingerprint density at radius 3 is 2.65 bits per heavy atom. The third-order valence-corrected chi connectivity index (χ3v) is 4.08. The van der Waals surface area contributed by atoms with Crippen molar-refractivity contribution >= 4 is 40.9 Å². The summed E-state index contributed by atoms with van der Waals surface area (Å²) in [5.41, 5.74) is 0.214. The molecule has 8 heteroatoms. The molecule has 0 aliphatic carbocycles. The second-order valence-electron chi connectivity index (χ2n) is 5.56. The molecule has 0 radical (unpaired) electrons. The zero-order valence-electron chi connectivity index (χ0n) is 13.2. The zero-order valence-corrected chi connectivity index (χ0v) is 13.9. The van der Waals surface area contributed by atoms with Gasteiger partial charge in [0, 0.05) is 6.08 Å². The van der Waals surface area contributed by atoms with Crippen molar-refractivity contribution in [1.29, 1.82) is 0 Å². The molecule has 0 spiro atoms. The van der Waals surface area contributed by atoms with Crippen LogP contribution in [0.25, 0.3) is 6.08 Å². The highest BCUT2D eigenvalue weighted by Crippen LogP contribution is 2.35. The van der Waals surface area contributed by atoms with E-state index in [0.717, 1.165) is 18.2 Å². The standard InChI is InChI=1S/C18H12ClF3N2O2/c19-13-7-5-11(9-12(13)18(20,21)22)6-8-17(26)24-10-16(25)23-14-3-1-2-4-15(14)24/h1-9H,10H2,(H,23,25)/b8-6+. The van der Waals surface area contributed by atoms with Gasteiger partial charge in [-0.05, 0) is 35.9 Å². The number of benzene rings is 2. The molecule has 2 amide bonds. The van der Waals surface area contributed by atoms with Crippen molar-refractivity contribution < 1.29 is 22.8 Å². The highest BCUT2D eigenvalue weighted by molar-refractivity contribution is 6.31. The average molecular weight is 381 g/mol. The molecule has 2 aromatic carbocycles. The Bertz CT molecular complexity index is 910. The molecule has 0 bridgehead atoms. The Balaban J connectivity index is 1.86. The van der Waals surface area contributed by atoms with Gasteiger partial charge in [-0.1, -0.05) is 29.8 Å². The van der Waals surface area contributed by atoms with Crippen LogP contribution in [0.1, 0.15) is 11.1 Å². The summed E-state index contributed by atoms with van der Waals surface area (Å²) in [6.07, 6.45) is -2.21. The maximum atomic E-state index is 12.9. The number of hydrogen-bond donors (Lipinski definition) is 1. The van der Waals surface area contributed by atoms with Gasteiger partial charge in [0.15, 0.2) is 0 Å². The quantitative estimate of drug-likeness (QED) is 0.787. The minimum Gasteiger partial charge on any atom is -0.323 e. The Labute approximate surface area is 151 Å².